The predicted octanol–water partition coefficient (Wildman–Crippen LogP) is 2.85. The van der Waals surface area contributed by atoms with E-state index in [1.54, 1.807) is 0 Å². The number of rotatable bonds is 6. The lowest BCUT2D eigenvalue weighted by Crippen LogP contribution is -2.33. The Morgan fingerprint density at radius 3 is 2.52 bits per heavy atom. The van der Waals surface area contributed by atoms with Crippen LogP contribution in [0.2, 0.25) is 0 Å². The van der Waals surface area contributed by atoms with E-state index in [0.717, 1.165) is 11.6 Å². The molecule has 0 spiro atoms. The molecule has 1 heterocycles. The summed E-state index contributed by atoms with van der Waals surface area (Å²) >= 11 is 1.53. The molecule has 0 radical (unpaired) electrons. The number of aryl methyl sites for hydroxylation is 1. The van der Waals surface area contributed by atoms with Gasteiger partial charge in [-0.25, -0.2) is 13.2 Å². The van der Waals surface area contributed by atoms with Gasteiger partial charge in [0.25, 0.3) is 0 Å². The van der Waals surface area contributed by atoms with Gasteiger partial charge in [0, 0.05) is 6.42 Å². The molecule has 0 saturated carbocycles. The third kappa shape index (κ3) is 4.82. The molecule has 0 aliphatic heterocycles. The van der Waals surface area contributed by atoms with Crippen molar-refractivity contribution in [2.75, 3.05) is 11.9 Å². The van der Waals surface area contributed by atoms with Gasteiger partial charge in [-0.3, -0.25) is 9.59 Å². The molecule has 23 heavy (non-hydrogen) atoms. The first-order valence-corrected chi connectivity index (χ1v) is 7.62. The van der Waals surface area contributed by atoms with Gasteiger partial charge in [-0.15, -0.1) is 0 Å². The highest BCUT2D eigenvalue weighted by Gasteiger charge is 2.15. The molecule has 0 atom stereocenters. The number of amides is 2. The number of hydrogen-bond acceptors (Lipinski definition) is 3. The van der Waals surface area contributed by atoms with E-state index in [-0.39, 0.29) is 18.9 Å². The van der Waals surface area contributed by atoms with Crippen molar-refractivity contribution in [1.82, 2.24) is 5.32 Å². The van der Waals surface area contributed by atoms with E-state index in [4.69, 9.17) is 0 Å². The van der Waals surface area contributed by atoms with Crippen molar-refractivity contribution < 1.29 is 22.8 Å². The average Bonchev–Trinajstić information content (AvgIpc) is 3.05. The Bertz CT molecular complexity index is 705. The number of thiophene rings is 1. The molecule has 1 aromatic carbocycles. The quantitative estimate of drug-likeness (QED) is 0.793. The van der Waals surface area contributed by atoms with Crippen LogP contribution in [0.1, 0.15) is 12.0 Å². The van der Waals surface area contributed by atoms with Gasteiger partial charge in [0.1, 0.15) is 0 Å². The predicted molar refractivity (Wildman–Crippen MR) is 80.6 cm³/mol. The maximum Gasteiger partial charge on any atom is 0.243 e. The highest BCUT2D eigenvalue weighted by atomic mass is 32.1. The second-order valence-electron chi connectivity index (χ2n) is 4.68. The van der Waals surface area contributed by atoms with Crippen LogP contribution in [-0.4, -0.2) is 18.4 Å². The molecule has 2 aromatic rings. The first-order chi connectivity index (χ1) is 11.0. The molecule has 0 aliphatic carbocycles. The van der Waals surface area contributed by atoms with E-state index in [0.29, 0.717) is 12.5 Å². The summed E-state index contributed by atoms with van der Waals surface area (Å²) in [6.07, 6.45) is 0.762. The van der Waals surface area contributed by atoms with Crippen LogP contribution < -0.4 is 10.6 Å². The molecule has 2 N–H and O–H groups in total. The number of carbonyl (C=O) groups is 2. The lowest BCUT2D eigenvalue weighted by atomic mass is 10.2. The third-order valence-corrected chi connectivity index (χ3v) is 3.71. The van der Waals surface area contributed by atoms with Crippen LogP contribution in [0.3, 0.4) is 0 Å². The van der Waals surface area contributed by atoms with E-state index in [9.17, 15) is 22.8 Å². The third-order valence-electron chi connectivity index (χ3n) is 2.98. The number of hydrogen-bond donors (Lipinski definition) is 2. The minimum atomic E-state index is -1.66. The van der Waals surface area contributed by atoms with Crippen LogP contribution in [-0.2, 0) is 16.0 Å². The zero-order chi connectivity index (χ0) is 16.8. The summed E-state index contributed by atoms with van der Waals surface area (Å²) in [4.78, 5) is 23.2. The van der Waals surface area contributed by atoms with Gasteiger partial charge in [0.2, 0.25) is 11.8 Å². The molecule has 0 bridgehead atoms. The van der Waals surface area contributed by atoms with Crippen molar-refractivity contribution in [1.29, 1.82) is 0 Å². The monoisotopic (exact) mass is 342 g/mol. The van der Waals surface area contributed by atoms with E-state index in [1.165, 1.54) is 11.3 Å². The molecule has 0 aliphatic rings. The van der Waals surface area contributed by atoms with Crippen LogP contribution in [0.15, 0.2) is 29.0 Å². The maximum atomic E-state index is 13.4. The van der Waals surface area contributed by atoms with E-state index in [1.807, 2.05) is 16.8 Å². The Hall–Kier alpha value is -2.35. The zero-order valence-corrected chi connectivity index (χ0v) is 12.7. The van der Waals surface area contributed by atoms with Crippen molar-refractivity contribution in [3.05, 3.63) is 52.0 Å². The molecule has 8 heteroatoms. The summed E-state index contributed by atoms with van der Waals surface area (Å²) in [6.45, 7) is -0.388. The van der Waals surface area contributed by atoms with Crippen molar-refractivity contribution in [3.8, 4) is 0 Å². The molecular formula is C15H13F3N2O2S. The fourth-order valence-electron chi connectivity index (χ4n) is 1.78. The lowest BCUT2D eigenvalue weighted by Gasteiger charge is -2.08. The Morgan fingerprint density at radius 1 is 1.04 bits per heavy atom. The van der Waals surface area contributed by atoms with E-state index >= 15 is 0 Å². The summed E-state index contributed by atoms with van der Waals surface area (Å²) < 4.78 is 39.2. The second-order valence-corrected chi connectivity index (χ2v) is 5.46. The van der Waals surface area contributed by atoms with Gasteiger partial charge in [0.15, 0.2) is 17.5 Å². The minimum absolute atomic E-state index is 0.212. The van der Waals surface area contributed by atoms with Crippen molar-refractivity contribution in [3.63, 3.8) is 0 Å². The first-order valence-electron chi connectivity index (χ1n) is 6.68. The zero-order valence-electron chi connectivity index (χ0n) is 11.9. The number of nitrogens with one attached hydrogen (secondary N) is 2. The lowest BCUT2D eigenvalue weighted by molar-refractivity contribution is -0.124. The highest BCUT2D eigenvalue weighted by molar-refractivity contribution is 7.07. The summed E-state index contributed by atoms with van der Waals surface area (Å²) in [5.41, 5.74) is 0.542. The summed E-state index contributed by atoms with van der Waals surface area (Å²) in [7, 11) is 0. The Kier molecular flexibility index (Phi) is 5.75. The van der Waals surface area contributed by atoms with Crippen LogP contribution in [0.4, 0.5) is 18.9 Å². The van der Waals surface area contributed by atoms with Crippen LogP contribution in [0.25, 0.3) is 0 Å². The van der Waals surface area contributed by atoms with E-state index in [2.05, 4.69) is 10.6 Å². The molecule has 0 saturated heterocycles. The van der Waals surface area contributed by atoms with Gasteiger partial charge < -0.3 is 10.6 Å². The van der Waals surface area contributed by atoms with Gasteiger partial charge in [-0.2, -0.15) is 11.3 Å². The normalized spacial score (nSPS) is 10.4. The molecule has 2 rings (SSSR count). The van der Waals surface area contributed by atoms with E-state index < -0.39 is 29.0 Å². The Labute approximate surface area is 134 Å². The largest absolute Gasteiger partial charge is 0.347 e. The molecule has 0 fully saturated rings. The van der Waals surface area contributed by atoms with Crippen molar-refractivity contribution in [2.45, 2.75) is 12.8 Å². The smallest absolute Gasteiger partial charge is 0.243 e. The molecule has 4 nitrogen and oxygen atoms in total. The summed E-state index contributed by atoms with van der Waals surface area (Å²) in [5.74, 6) is -5.57. The Balaban J connectivity index is 1.79. The van der Waals surface area contributed by atoms with Gasteiger partial charge in [-0.1, -0.05) is 0 Å². The first kappa shape index (κ1) is 17.0. The topological polar surface area (TPSA) is 58.2 Å². The van der Waals surface area contributed by atoms with Crippen molar-refractivity contribution in [2.24, 2.45) is 0 Å². The molecular weight excluding hydrogens is 329 g/mol. The maximum absolute atomic E-state index is 13.4. The summed E-state index contributed by atoms with van der Waals surface area (Å²) in [5, 5.41) is 8.26. The van der Waals surface area contributed by atoms with Crippen LogP contribution in [0, 0.1) is 17.5 Å². The number of carbonyl (C=O) groups excluding carboxylic acids is 2. The van der Waals surface area contributed by atoms with Gasteiger partial charge in [-0.05, 0) is 40.9 Å². The highest BCUT2D eigenvalue weighted by Crippen LogP contribution is 2.19. The fraction of sp³-hybridized carbons (Fsp3) is 0.200. The van der Waals surface area contributed by atoms with Crippen LogP contribution >= 0.6 is 11.3 Å². The Morgan fingerprint density at radius 2 is 1.83 bits per heavy atom. The fourth-order valence-corrected chi connectivity index (χ4v) is 2.48. The molecule has 122 valence electrons. The number of halogens is 3. The van der Waals surface area contributed by atoms with Gasteiger partial charge >= 0.3 is 0 Å². The van der Waals surface area contributed by atoms with Crippen LogP contribution in [0.5, 0.6) is 0 Å². The second kappa shape index (κ2) is 7.77. The number of benzene rings is 1. The molecule has 1 aromatic heterocycles. The average molecular weight is 342 g/mol. The molecule has 0 unspecified atom stereocenters. The SMILES string of the molecule is O=C(CCc1ccsc1)NCC(=O)Nc1ccc(F)c(F)c1F. The minimum Gasteiger partial charge on any atom is -0.347 e. The number of anilines is 1. The van der Waals surface area contributed by atoms with Crippen molar-refractivity contribution >= 4 is 28.8 Å². The molecule has 2 amide bonds. The standard InChI is InChI=1S/C15H13F3N2O2S/c16-10-2-3-11(15(18)14(10)17)20-13(22)7-19-12(21)4-1-9-5-6-23-8-9/h2-3,5-6,8H,1,4,7H2,(H,19,21)(H,20,22). The summed E-state index contributed by atoms with van der Waals surface area (Å²) in [6, 6.07) is 3.51. The van der Waals surface area contributed by atoms with Gasteiger partial charge in [0.05, 0.1) is 12.2 Å².